The fourth-order valence-electron chi connectivity index (χ4n) is 1.29. The van der Waals surface area contributed by atoms with E-state index in [1.165, 1.54) is 5.57 Å². The van der Waals surface area contributed by atoms with Gasteiger partial charge in [-0.25, -0.2) is 0 Å². The molecular weight excluding hydrogens is 190 g/mol. The second kappa shape index (κ2) is 8.48. The van der Waals surface area contributed by atoms with Gasteiger partial charge in [0.1, 0.15) is 0 Å². The summed E-state index contributed by atoms with van der Waals surface area (Å²) in [6.45, 7) is 9.90. The third-order valence-electron chi connectivity index (χ3n) is 2.39. The van der Waals surface area contributed by atoms with Crippen LogP contribution in [0, 0.1) is 5.92 Å². The zero-order chi connectivity index (χ0) is 11.7. The summed E-state index contributed by atoms with van der Waals surface area (Å²) in [4.78, 5) is 10.3. The minimum Gasteiger partial charge on any atom is -0.481 e. The molecule has 0 rings (SSSR count). The van der Waals surface area contributed by atoms with Gasteiger partial charge in [0, 0.05) is 6.42 Å². The minimum absolute atomic E-state index is 0.285. The van der Waals surface area contributed by atoms with Gasteiger partial charge in [0.05, 0.1) is 0 Å². The first-order valence-electron chi connectivity index (χ1n) is 5.59. The maximum atomic E-state index is 10.3. The molecule has 2 N–H and O–H groups in total. The predicted octanol–water partition coefficient (Wildman–Crippen LogP) is 2.43. The van der Waals surface area contributed by atoms with Gasteiger partial charge >= 0.3 is 5.97 Å². The van der Waals surface area contributed by atoms with E-state index in [1.807, 2.05) is 6.92 Å². The van der Waals surface area contributed by atoms with Crippen molar-refractivity contribution in [3.8, 4) is 0 Å². The number of carboxylic acid groups (broad SMARTS) is 1. The summed E-state index contributed by atoms with van der Waals surface area (Å²) in [6.07, 6.45) is 3.12. The number of carbonyl (C=O) groups is 1. The molecule has 0 aliphatic heterocycles. The molecule has 0 radical (unpaired) electrons. The Morgan fingerprint density at radius 1 is 1.33 bits per heavy atom. The summed E-state index contributed by atoms with van der Waals surface area (Å²) >= 11 is 0. The van der Waals surface area contributed by atoms with E-state index in [9.17, 15) is 4.79 Å². The van der Waals surface area contributed by atoms with Gasteiger partial charge in [-0.1, -0.05) is 12.5 Å². The Morgan fingerprint density at radius 2 is 2.00 bits per heavy atom. The first-order chi connectivity index (χ1) is 7.02. The van der Waals surface area contributed by atoms with Crippen LogP contribution in [0.5, 0.6) is 0 Å². The van der Waals surface area contributed by atoms with Crippen LogP contribution in [0.2, 0.25) is 0 Å². The number of hydrogen-bond acceptors (Lipinski definition) is 2. The lowest BCUT2D eigenvalue weighted by molar-refractivity contribution is -0.137. The molecule has 0 aromatic heterocycles. The SMILES string of the molecule is C=C(C)CCNCCC(C)CCC(=O)O. The third kappa shape index (κ3) is 11.1. The number of carboxylic acids is 1. The molecule has 3 heteroatoms. The Hall–Kier alpha value is -0.830. The van der Waals surface area contributed by atoms with Crippen molar-refractivity contribution in [3.63, 3.8) is 0 Å². The lowest BCUT2D eigenvalue weighted by Gasteiger charge is -2.10. The van der Waals surface area contributed by atoms with Gasteiger partial charge in [-0.2, -0.15) is 0 Å². The highest BCUT2D eigenvalue weighted by atomic mass is 16.4. The summed E-state index contributed by atoms with van der Waals surface area (Å²) in [5.74, 6) is -0.212. The Labute approximate surface area is 92.6 Å². The van der Waals surface area contributed by atoms with E-state index in [4.69, 9.17) is 5.11 Å². The van der Waals surface area contributed by atoms with Crippen LogP contribution in [0.25, 0.3) is 0 Å². The molecule has 1 atom stereocenters. The van der Waals surface area contributed by atoms with Crippen LogP contribution in [0.15, 0.2) is 12.2 Å². The second-order valence-electron chi connectivity index (χ2n) is 4.28. The van der Waals surface area contributed by atoms with Crippen molar-refractivity contribution in [1.29, 1.82) is 0 Å². The molecule has 0 aromatic carbocycles. The number of rotatable bonds is 9. The van der Waals surface area contributed by atoms with Crippen molar-refractivity contribution < 1.29 is 9.90 Å². The van der Waals surface area contributed by atoms with Crippen molar-refractivity contribution in [2.24, 2.45) is 5.92 Å². The van der Waals surface area contributed by atoms with E-state index in [0.29, 0.717) is 5.92 Å². The minimum atomic E-state index is -0.697. The zero-order valence-electron chi connectivity index (χ0n) is 9.88. The van der Waals surface area contributed by atoms with E-state index >= 15 is 0 Å². The van der Waals surface area contributed by atoms with Gasteiger partial charge < -0.3 is 10.4 Å². The van der Waals surface area contributed by atoms with Gasteiger partial charge in [0.15, 0.2) is 0 Å². The monoisotopic (exact) mass is 213 g/mol. The van der Waals surface area contributed by atoms with Gasteiger partial charge in [0.25, 0.3) is 0 Å². The standard InChI is InChI=1S/C12H23NO2/c1-10(2)6-8-13-9-7-11(3)4-5-12(14)15/h11,13H,1,4-9H2,2-3H3,(H,14,15). The quantitative estimate of drug-likeness (QED) is 0.457. The van der Waals surface area contributed by atoms with E-state index in [-0.39, 0.29) is 6.42 Å². The number of hydrogen-bond donors (Lipinski definition) is 2. The predicted molar refractivity (Wildman–Crippen MR) is 63.0 cm³/mol. The topological polar surface area (TPSA) is 49.3 Å². The third-order valence-corrected chi connectivity index (χ3v) is 2.39. The Morgan fingerprint density at radius 3 is 2.53 bits per heavy atom. The van der Waals surface area contributed by atoms with Gasteiger partial charge in [0.2, 0.25) is 0 Å². The molecule has 3 nitrogen and oxygen atoms in total. The second-order valence-corrected chi connectivity index (χ2v) is 4.28. The molecule has 0 aliphatic carbocycles. The molecule has 0 saturated heterocycles. The molecule has 0 heterocycles. The highest BCUT2D eigenvalue weighted by Crippen LogP contribution is 2.09. The molecule has 1 unspecified atom stereocenters. The average molecular weight is 213 g/mol. The molecule has 88 valence electrons. The smallest absolute Gasteiger partial charge is 0.303 e. The lowest BCUT2D eigenvalue weighted by atomic mass is 10.0. The summed E-state index contributed by atoms with van der Waals surface area (Å²) < 4.78 is 0. The Balaban J connectivity index is 3.27. The van der Waals surface area contributed by atoms with E-state index in [0.717, 1.165) is 32.4 Å². The lowest BCUT2D eigenvalue weighted by Crippen LogP contribution is -2.19. The number of aliphatic carboxylic acids is 1. The fourth-order valence-corrected chi connectivity index (χ4v) is 1.29. The van der Waals surface area contributed by atoms with Gasteiger partial charge in [-0.05, 0) is 45.2 Å². The highest BCUT2D eigenvalue weighted by molar-refractivity contribution is 5.66. The molecule has 0 amide bonds. The normalized spacial score (nSPS) is 12.4. The molecular formula is C12H23NO2. The van der Waals surface area contributed by atoms with E-state index < -0.39 is 5.97 Å². The molecule has 0 bridgehead atoms. The molecule has 0 aromatic rings. The number of nitrogens with one attached hydrogen (secondary N) is 1. The summed E-state index contributed by atoms with van der Waals surface area (Å²) in [6, 6.07) is 0. The molecule has 0 fully saturated rings. The van der Waals surface area contributed by atoms with Crippen LogP contribution in [-0.4, -0.2) is 24.2 Å². The van der Waals surface area contributed by atoms with Crippen LogP contribution in [0.3, 0.4) is 0 Å². The molecule has 0 aliphatic rings. The van der Waals surface area contributed by atoms with Crippen molar-refractivity contribution >= 4 is 5.97 Å². The van der Waals surface area contributed by atoms with Crippen molar-refractivity contribution in [1.82, 2.24) is 5.32 Å². The maximum absolute atomic E-state index is 10.3. The van der Waals surface area contributed by atoms with Gasteiger partial charge in [-0.3, -0.25) is 4.79 Å². The van der Waals surface area contributed by atoms with Crippen molar-refractivity contribution in [2.45, 2.75) is 39.5 Å². The summed E-state index contributed by atoms with van der Waals surface area (Å²) in [7, 11) is 0. The molecule has 0 saturated carbocycles. The molecule has 15 heavy (non-hydrogen) atoms. The van der Waals surface area contributed by atoms with Crippen molar-refractivity contribution in [3.05, 3.63) is 12.2 Å². The highest BCUT2D eigenvalue weighted by Gasteiger charge is 2.04. The average Bonchev–Trinajstić information content (AvgIpc) is 2.13. The first-order valence-corrected chi connectivity index (χ1v) is 5.59. The zero-order valence-corrected chi connectivity index (χ0v) is 9.88. The largest absolute Gasteiger partial charge is 0.481 e. The van der Waals surface area contributed by atoms with E-state index in [1.54, 1.807) is 0 Å². The van der Waals surface area contributed by atoms with Crippen LogP contribution in [-0.2, 0) is 4.79 Å². The van der Waals surface area contributed by atoms with Crippen LogP contribution in [0.1, 0.15) is 39.5 Å². The van der Waals surface area contributed by atoms with Gasteiger partial charge in [-0.15, -0.1) is 6.58 Å². The van der Waals surface area contributed by atoms with Crippen LogP contribution >= 0.6 is 0 Å². The Kier molecular flexibility index (Phi) is 8.01. The van der Waals surface area contributed by atoms with Crippen molar-refractivity contribution in [2.75, 3.05) is 13.1 Å². The van der Waals surface area contributed by atoms with Crippen LogP contribution < -0.4 is 5.32 Å². The Bertz CT molecular complexity index is 202. The van der Waals surface area contributed by atoms with Crippen LogP contribution in [0.4, 0.5) is 0 Å². The summed E-state index contributed by atoms with van der Waals surface area (Å²) in [5.41, 5.74) is 1.20. The molecule has 0 spiro atoms. The summed E-state index contributed by atoms with van der Waals surface area (Å²) in [5, 5.41) is 11.8. The first kappa shape index (κ1) is 14.2. The maximum Gasteiger partial charge on any atom is 0.303 e. The van der Waals surface area contributed by atoms with E-state index in [2.05, 4.69) is 18.8 Å². The fraction of sp³-hybridized carbons (Fsp3) is 0.750.